The molecule has 0 amide bonds. The lowest BCUT2D eigenvalue weighted by Gasteiger charge is -2.21. The molecule has 0 aliphatic carbocycles. The summed E-state index contributed by atoms with van der Waals surface area (Å²) in [5.41, 5.74) is -0.745. The molecule has 0 bridgehead atoms. The van der Waals surface area contributed by atoms with E-state index in [-0.39, 0.29) is 12.4 Å². The van der Waals surface area contributed by atoms with Gasteiger partial charge in [-0.15, -0.1) is 0 Å². The molecule has 15 heavy (non-hydrogen) atoms. The number of carbonyl (C=O) groups excluding carboxylic acids is 1. The van der Waals surface area contributed by atoms with Crippen molar-refractivity contribution in [1.82, 2.24) is 0 Å². The minimum atomic E-state index is -3.47. The second-order valence-electron chi connectivity index (χ2n) is 3.91. The van der Waals surface area contributed by atoms with Gasteiger partial charge in [-0.1, -0.05) is 20.8 Å². The highest BCUT2D eigenvalue weighted by molar-refractivity contribution is 7.99. The van der Waals surface area contributed by atoms with Gasteiger partial charge in [-0.25, -0.2) is 0 Å². The Labute approximate surface area is 95.9 Å². The average molecular weight is 254 g/mol. The van der Waals surface area contributed by atoms with Crippen LogP contribution in [0.2, 0.25) is 0 Å². The molecule has 0 radical (unpaired) electrons. The second kappa shape index (κ2) is 5.86. The van der Waals surface area contributed by atoms with Crippen molar-refractivity contribution in [3.05, 3.63) is 0 Å². The van der Waals surface area contributed by atoms with Gasteiger partial charge >= 0.3 is 0 Å². The number of thioether (sulfide) groups is 1. The lowest BCUT2D eigenvalue weighted by Crippen LogP contribution is -2.32. The molecule has 0 aromatic rings. The van der Waals surface area contributed by atoms with Crippen molar-refractivity contribution in [1.29, 1.82) is 0 Å². The van der Waals surface area contributed by atoms with Gasteiger partial charge in [0.2, 0.25) is 0 Å². The highest BCUT2D eigenvalue weighted by atomic mass is 32.2. The molecule has 4 nitrogen and oxygen atoms in total. The van der Waals surface area contributed by atoms with Crippen LogP contribution in [-0.2, 0) is 19.1 Å². The van der Waals surface area contributed by atoms with Crippen molar-refractivity contribution in [3.63, 3.8) is 0 Å². The number of hydrogen-bond acceptors (Lipinski definition) is 5. The molecule has 0 spiro atoms. The summed E-state index contributed by atoms with van der Waals surface area (Å²) in [6.07, 6.45) is 0.981. The molecule has 0 aliphatic heterocycles. The molecular formula is C9H18O4S2. The van der Waals surface area contributed by atoms with Gasteiger partial charge in [0.25, 0.3) is 10.1 Å². The van der Waals surface area contributed by atoms with E-state index in [1.54, 1.807) is 13.8 Å². The SMILES string of the molecule is CCSCC(=O)C(C)(C)COS(C)(=O)=O. The maximum Gasteiger partial charge on any atom is 0.264 e. The highest BCUT2D eigenvalue weighted by Gasteiger charge is 2.28. The lowest BCUT2D eigenvalue weighted by molar-refractivity contribution is -0.125. The number of ketones is 1. The topological polar surface area (TPSA) is 60.4 Å². The molecule has 0 fully saturated rings. The Morgan fingerprint density at radius 2 is 1.93 bits per heavy atom. The van der Waals surface area contributed by atoms with E-state index >= 15 is 0 Å². The van der Waals surface area contributed by atoms with Crippen LogP contribution in [0.3, 0.4) is 0 Å². The summed E-state index contributed by atoms with van der Waals surface area (Å²) in [5, 5.41) is 0. The fourth-order valence-corrected chi connectivity index (χ4v) is 2.01. The first kappa shape index (κ1) is 14.9. The number of hydrogen-bond donors (Lipinski definition) is 0. The quantitative estimate of drug-likeness (QED) is 0.641. The van der Waals surface area contributed by atoms with Crippen molar-refractivity contribution in [2.45, 2.75) is 20.8 Å². The van der Waals surface area contributed by atoms with Gasteiger partial charge in [0.15, 0.2) is 5.78 Å². The Bertz CT molecular complexity index is 306. The third-order valence-corrected chi connectivity index (χ3v) is 3.25. The smallest absolute Gasteiger partial charge is 0.264 e. The molecule has 0 aromatic carbocycles. The van der Waals surface area contributed by atoms with E-state index < -0.39 is 15.5 Å². The van der Waals surface area contributed by atoms with E-state index in [0.717, 1.165) is 12.0 Å². The molecule has 0 rings (SSSR count). The van der Waals surface area contributed by atoms with Crippen molar-refractivity contribution in [3.8, 4) is 0 Å². The van der Waals surface area contributed by atoms with Gasteiger partial charge in [-0.05, 0) is 5.75 Å². The number of rotatable bonds is 7. The normalized spacial score (nSPS) is 12.8. The van der Waals surface area contributed by atoms with Crippen molar-refractivity contribution in [2.75, 3.05) is 24.4 Å². The van der Waals surface area contributed by atoms with Crippen molar-refractivity contribution < 1.29 is 17.4 Å². The highest BCUT2D eigenvalue weighted by Crippen LogP contribution is 2.20. The lowest BCUT2D eigenvalue weighted by atomic mass is 9.90. The standard InChI is InChI=1S/C9H18O4S2/c1-5-14-6-8(10)9(2,3)7-13-15(4,11)12/h5-7H2,1-4H3. The fraction of sp³-hybridized carbons (Fsp3) is 0.889. The first-order chi connectivity index (χ1) is 6.69. The summed E-state index contributed by atoms with van der Waals surface area (Å²) >= 11 is 1.52. The third kappa shape index (κ3) is 6.92. The Morgan fingerprint density at radius 1 is 1.40 bits per heavy atom. The van der Waals surface area contributed by atoms with E-state index in [2.05, 4.69) is 4.18 Å². The summed E-state index contributed by atoms with van der Waals surface area (Å²) in [7, 11) is -3.47. The average Bonchev–Trinajstić information content (AvgIpc) is 2.10. The van der Waals surface area contributed by atoms with Gasteiger partial charge in [-0.3, -0.25) is 8.98 Å². The summed E-state index contributed by atoms with van der Waals surface area (Å²) in [6.45, 7) is 5.26. The number of carbonyl (C=O) groups is 1. The largest absolute Gasteiger partial charge is 0.298 e. The molecule has 0 heterocycles. The van der Waals surface area contributed by atoms with Crippen LogP contribution >= 0.6 is 11.8 Å². The van der Waals surface area contributed by atoms with Crippen molar-refractivity contribution in [2.24, 2.45) is 5.41 Å². The predicted molar refractivity (Wildman–Crippen MR) is 62.6 cm³/mol. The zero-order valence-electron chi connectivity index (χ0n) is 9.57. The second-order valence-corrected chi connectivity index (χ2v) is 6.83. The van der Waals surface area contributed by atoms with E-state index in [9.17, 15) is 13.2 Å². The van der Waals surface area contributed by atoms with Gasteiger partial charge in [0, 0.05) is 5.41 Å². The molecular weight excluding hydrogens is 236 g/mol. The van der Waals surface area contributed by atoms with Crippen LogP contribution in [0.4, 0.5) is 0 Å². The van der Waals surface area contributed by atoms with Crippen LogP contribution in [0.1, 0.15) is 20.8 Å². The molecule has 6 heteroatoms. The van der Waals surface area contributed by atoms with Crippen molar-refractivity contribution >= 4 is 27.7 Å². The Morgan fingerprint density at radius 3 is 2.33 bits per heavy atom. The van der Waals surface area contributed by atoms with Gasteiger partial charge < -0.3 is 0 Å². The predicted octanol–water partition coefficient (Wildman–Crippen LogP) is 1.31. The van der Waals surface area contributed by atoms with E-state index in [0.29, 0.717) is 5.75 Å². The van der Waals surface area contributed by atoms with E-state index in [4.69, 9.17) is 0 Å². The molecule has 0 saturated carbocycles. The summed E-state index contributed by atoms with van der Waals surface area (Å²) < 4.78 is 26.2. The third-order valence-electron chi connectivity index (χ3n) is 1.83. The van der Waals surface area contributed by atoms with Gasteiger partial charge in [0.05, 0.1) is 18.6 Å². The molecule has 0 aliphatic rings. The molecule has 0 unspecified atom stereocenters. The Kier molecular flexibility index (Phi) is 5.84. The molecule has 0 atom stereocenters. The first-order valence-corrected chi connectivity index (χ1v) is 7.61. The zero-order chi connectivity index (χ0) is 12.1. The van der Waals surface area contributed by atoms with Crippen LogP contribution in [-0.4, -0.2) is 38.6 Å². The van der Waals surface area contributed by atoms with E-state index in [1.165, 1.54) is 11.8 Å². The molecule has 90 valence electrons. The minimum absolute atomic E-state index is 0.0120. The maximum absolute atomic E-state index is 11.6. The minimum Gasteiger partial charge on any atom is -0.298 e. The van der Waals surface area contributed by atoms with Gasteiger partial charge in [0.1, 0.15) is 0 Å². The fourth-order valence-electron chi connectivity index (χ4n) is 0.725. The first-order valence-electron chi connectivity index (χ1n) is 4.64. The maximum atomic E-state index is 11.6. The zero-order valence-corrected chi connectivity index (χ0v) is 11.2. The van der Waals surface area contributed by atoms with E-state index in [1.807, 2.05) is 6.92 Å². The van der Waals surface area contributed by atoms with Crippen LogP contribution in [0.5, 0.6) is 0 Å². The Balaban J connectivity index is 4.22. The van der Waals surface area contributed by atoms with Crippen LogP contribution in [0, 0.1) is 5.41 Å². The molecule has 0 N–H and O–H groups in total. The van der Waals surface area contributed by atoms with Crippen LogP contribution < -0.4 is 0 Å². The summed E-state index contributed by atoms with van der Waals surface area (Å²) in [4.78, 5) is 11.6. The summed E-state index contributed by atoms with van der Waals surface area (Å²) in [5.74, 6) is 1.28. The van der Waals surface area contributed by atoms with Crippen LogP contribution in [0.25, 0.3) is 0 Å². The number of Topliss-reactive ketones (excluding diaryl/α,β-unsaturated/α-hetero) is 1. The molecule has 0 aromatic heterocycles. The van der Waals surface area contributed by atoms with Gasteiger partial charge in [-0.2, -0.15) is 20.2 Å². The monoisotopic (exact) mass is 254 g/mol. The molecule has 0 saturated heterocycles. The summed E-state index contributed by atoms with van der Waals surface area (Å²) in [6, 6.07) is 0. The Hall–Kier alpha value is -0.0700. The van der Waals surface area contributed by atoms with Crippen LogP contribution in [0.15, 0.2) is 0 Å².